The minimum Gasteiger partial charge on any atom is -0.247 e. The van der Waals surface area contributed by atoms with E-state index in [9.17, 15) is 0 Å². The predicted octanol–water partition coefficient (Wildman–Crippen LogP) is 6.36. The molecule has 0 spiro atoms. The molecule has 4 rings (SSSR count). The lowest BCUT2D eigenvalue weighted by Crippen LogP contribution is -1.89. The Bertz CT molecular complexity index is 1210. The first-order valence-corrected chi connectivity index (χ1v) is 9.53. The average Bonchev–Trinajstić information content (AvgIpc) is 3.08. The fourth-order valence-corrected chi connectivity index (χ4v) is 4.45. The van der Waals surface area contributed by atoms with Gasteiger partial charge in [0.05, 0.1) is 21.0 Å². The van der Waals surface area contributed by atoms with Crippen molar-refractivity contribution in [1.82, 2.24) is 4.98 Å². The normalized spacial score (nSPS) is 10.4. The minimum atomic E-state index is 0.845. The van der Waals surface area contributed by atoms with E-state index in [1.807, 2.05) is 42.5 Å². The van der Waals surface area contributed by atoms with Crippen molar-refractivity contribution in [2.75, 3.05) is 0 Å². The molecule has 0 radical (unpaired) electrons. The Morgan fingerprint density at radius 2 is 1.73 bits per heavy atom. The molecule has 0 bridgehead atoms. The van der Waals surface area contributed by atoms with Crippen LogP contribution >= 0.6 is 27.3 Å². The van der Waals surface area contributed by atoms with Crippen molar-refractivity contribution in [3.63, 3.8) is 0 Å². The summed E-state index contributed by atoms with van der Waals surface area (Å²) in [5, 5.41) is 1.04. The summed E-state index contributed by atoms with van der Waals surface area (Å²) < 4.78 is 0.922. The average molecular weight is 414 g/mol. The lowest BCUT2D eigenvalue weighted by molar-refractivity contribution is 1.41. The molecule has 0 aliphatic carbocycles. The number of halogens is 1. The Balaban J connectivity index is 2.02. The molecular weight excluding hydrogens is 402 g/mol. The van der Waals surface area contributed by atoms with E-state index in [2.05, 4.69) is 46.0 Å². The Labute approximate surface area is 164 Å². The molecule has 0 aliphatic heterocycles. The van der Waals surface area contributed by atoms with E-state index in [1.54, 1.807) is 11.3 Å². The van der Waals surface area contributed by atoms with Crippen LogP contribution < -0.4 is 0 Å². The number of benzene rings is 2. The van der Waals surface area contributed by atoms with Gasteiger partial charge in [0.25, 0.3) is 0 Å². The van der Waals surface area contributed by atoms with E-state index < -0.39 is 0 Å². The van der Waals surface area contributed by atoms with Gasteiger partial charge in [-0.15, -0.1) is 24.2 Å². The van der Waals surface area contributed by atoms with Gasteiger partial charge in [0, 0.05) is 15.4 Å². The molecule has 0 amide bonds. The van der Waals surface area contributed by atoms with Crippen molar-refractivity contribution >= 4 is 38.2 Å². The van der Waals surface area contributed by atoms with Gasteiger partial charge in [-0.05, 0) is 57.4 Å². The van der Waals surface area contributed by atoms with Crippen molar-refractivity contribution in [2.45, 2.75) is 0 Å². The van der Waals surface area contributed by atoms with Crippen LogP contribution in [0, 0.1) is 24.7 Å². The molecule has 0 unspecified atom stereocenters. The molecule has 2 aromatic heterocycles. The largest absolute Gasteiger partial charge is 0.247 e. The molecule has 122 valence electrons. The molecule has 4 aromatic rings. The van der Waals surface area contributed by atoms with Gasteiger partial charge in [0.15, 0.2) is 0 Å². The van der Waals surface area contributed by atoms with Gasteiger partial charge in [-0.2, -0.15) is 0 Å². The number of thiophene rings is 1. The molecule has 3 heteroatoms. The van der Waals surface area contributed by atoms with Gasteiger partial charge >= 0.3 is 0 Å². The molecule has 0 aliphatic rings. The fourth-order valence-electron chi connectivity index (χ4n) is 2.89. The third-order valence-corrected chi connectivity index (χ3v) is 6.11. The van der Waals surface area contributed by atoms with E-state index in [-0.39, 0.29) is 0 Å². The number of hydrogen-bond donors (Lipinski definition) is 0. The van der Waals surface area contributed by atoms with Crippen LogP contribution in [-0.2, 0) is 0 Å². The number of rotatable bonds is 2. The second-order valence-corrected chi connectivity index (χ2v) is 7.64. The maximum Gasteiger partial charge on any atom is 0.0914 e. The number of aromatic nitrogens is 1. The summed E-state index contributed by atoms with van der Waals surface area (Å²) in [5.41, 5.74) is 4.89. The smallest absolute Gasteiger partial charge is 0.0914 e. The number of fused-ring (bicyclic) bond motifs is 1. The third kappa shape index (κ3) is 2.93. The number of terminal acetylenes is 2. The summed E-state index contributed by atoms with van der Waals surface area (Å²) in [4.78, 5) is 6.75. The summed E-state index contributed by atoms with van der Waals surface area (Å²) in [5.74, 6) is 5.41. The number of pyridine rings is 1. The molecule has 0 fully saturated rings. The highest BCUT2D eigenvalue weighted by molar-refractivity contribution is 9.10. The first-order valence-electron chi connectivity index (χ1n) is 7.93. The zero-order valence-corrected chi connectivity index (χ0v) is 16.1. The van der Waals surface area contributed by atoms with Crippen molar-refractivity contribution in [2.24, 2.45) is 0 Å². The molecule has 0 saturated heterocycles. The quantitative estimate of drug-likeness (QED) is 0.348. The summed E-state index contributed by atoms with van der Waals surface area (Å²) in [6.45, 7) is 0. The maximum absolute atomic E-state index is 5.59. The van der Waals surface area contributed by atoms with Crippen LogP contribution in [0.2, 0.25) is 0 Å². The SMILES string of the molecule is C#Cc1ccc2nc(-c3cc(Br)c(C#C)s3)cc(-c3ccccc3)c2c1. The van der Waals surface area contributed by atoms with Gasteiger partial charge < -0.3 is 0 Å². The highest BCUT2D eigenvalue weighted by atomic mass is 79.9. The monoisotopic (exact) mass is 413 g/mol. The highest BCUT2D eigenvalue weighted by Crippen LogP contribution is 2.37. The number of hydrogen-bond acceptors (Lipinski definition) is 2. The van der Waals surface area contributed by atoms with E-state index in [0.29, 0.717) is 0 Å². The van der Waals surface area contributed by atoms with Crippen molar-refractivity contribution in [1.29, 1.82) is 0 Å². The van der Waals surface area contributed by atoms with E-state index >= 15 is 0 Å². The molecule has 0 atom stereocenters. The second-order valence-electron chi connectivity index (χ2n) is 5.73. The van der Waals surface area contributed by atoms with Crippen LogP contribution in [0.5, 0.6) is 0 Å². The van der Waals surface area contributed by atoms with Crippen molar-refractivity contribution in [3.05, 3.63) is 75.6 Å². The molecule has 26 heavy (non-hydrogen) atoms. The Morgan fingerprint density at radius 1 is 0.923 bits per heavy atom. The Morgan fingerprint density at radius 3 is 2.42 bits per heavy atom. The lowest BCUT2D eigenvalue weighted by atomic mass is 9.98. The first-order chi connectivity index (χ1) is 12.7. The van der Waals surface area contributed by atoms with Crippen LogP contribution in [0.25, 0.3) is 32.6 Å². The molecule has 2 heterocycles. The van der Waals surface area contributed by atoms with Gasteiger partial charge in [-0.25, -0.2) is 4.98 Å². The van der Waals surface area contributed by atoms with E-state index in [4.69, 9.17) is 17.8 Å². The van der Waals surface area contributed by atoms with E-state index in [0.717, 1.165) is 47.5 Å². The summed E-state index contributed by atoms with van der Waals surface area (Å²) in [7, 11) is 0. The molecular formula is C23H12BrNS. The highest BCUT2D eigenvalue weighted by Gasteiger charge is 2.13. The van der Waals surface area contributed by atoms with Crippen LogP contribution in [0.3, 0.4) is 0 Å². The minimum absolute atomic E-state index is 0.845. The zero-order valence-electron chi connectivity index (χ0n) is 13.7. The van der Waals surface area contributed by atoms with Crippen molar-refractivity contribution < 1.29 is 0 Å². The van der Waals surface area contributed by atoms with E-state index in [1.165, 1.54) is 0 Å². The maximum atomic E-state index is 5.59. The van der Waals surface area contributed by atoms with Gasteiger partial charge in [-0.1, -0.05) is 42.2 Å². The van der Waals surface area contributed by atoms with Gasteiger partial charge in [0.2, 0.25) is 0 Å². The first kappa shape index (κ1) is 16.6. The molecule has 2 aromatic carbocycles. The Kier molecular flexibility index (Phi) is 4.35. The fraction of sp³-hybridized carbons (Fsp3) is 0. The van der Waals surface area contributed by atoms with Crippen LogP contribution in [-0.4, -0.2) is 4.98 Å². The lowest BCUT2D eigenvalue weighted by Gasteiger charge is -2.10. The third-order valence-electron chi connectivity index (χ3n) is 4.13. The topological polar surface area (TPSA) is 12.9 Å². The Hall–Kier alpha value is -2.85. The van der Waals surface area contributed by atoms with Crippen LogP contribution in [0.15, 0.2) is 65.1 Å². The summed E-state index contributed by atoms with van der Waals surface area (Å²) in [6.07, 6.45) is 11.2. The standard InChI is InChI=1S/C23H12BrNS/c1-3-15-10-11-20-18(12-15)17(16-8-6-5-7-9-16)13-21(25-20)23-14-19(24)22(4-2)26-23/h1-2,5-14H. The summed E-state index contributed by atoms with van der Waals surface area (Å²) >= 11 is 5.08. The number of nitrogens with zero attached hydrogens (tertiary/aromatic N) is 1. The van der Waals surface area contributed by atoms with Gasteiger partial charge in [-0.3, -0.25) is 0 Å². The van der Waals surface area contributed by atoms with Crippen LogP contribution in [0.4, 0.5) is 0 Å². The van der Waals surface area contributed by atoms with Gasteiger partial charge in [0.1, 0.15) is 0 Å². The molecule has 1 nitrogen and oxygen atoms in total. The zero-order chi connectivity index (χ0) is 18.1. The molecule has 0 saturated carbocycles. The van der Waals surface area contributed by atoms with Crippen LogP contribution in [0.1, 0.15) is 10.4 Å². The van der Waals surface area contributed by atoms with Crippen molar-refractivity contribution in [3.8, 4) is 46.4 Å². The summed E-state index contributed by atoms with van der Waals surface area (Å²) in [6, 6.07) is 20.3. The second kappa shape index (κ2) is 6.81. The predicted molar refractivity (Wildman–Crippen MR) is 114 cm³/mol. The molecule has 0 N–H and O–H groups in total.